The summed E-state index contributed by atoms with van der Waals surface area (Å²) in [5.41, 5.74) is 2.61. The van der Waals surface area contributed by atoms with Crippen LogP contribution < -0.4 is 0 Å². The topological polar surface area (TPSA) is 45.8 Å². The second-order valence-electron chi connectivity index (χ2n) is 3.72. The van der Waals surface area contributed by atoms with Crippen LogP contribution in [0.3, 0.4) is 0 Å². The van der Waals surface area contributed by atoms with Crippen molar-refractivity contribution >= 4 is 16.8 Å². The van der Waals surface area contributed by atoms with Gasteiger partial charge >= 0.3 is 0 Å². The van der Waals surface area contributed by atoms with Crippen molar-refractivity contribution in [1.29, 1.82) is 0 Å². The number of carbonyl (C=O) groups is 1. The van der Waals surface area contributed by atoms with Crippen LogP contribution in [0.2, 0.25) is 0 Å². The van der Waals surface area contributed by atoms with Gasteiger partial charge in [-0.3, -0.25) is 4.79 Å². The molecule has 0 radical (unpaired) electrons. The van der Waals surface area contributed by atoms with Crippen LogP contribution in [0, 0.1) is 0 Å². The number of hydrogen-bond acceptors (Lipinski definition) is 2. The van der Waals surface area contributed by atoms with E-state index in [1.54, 1.807) is 6.92 Å². The minimum absolute atomic E-state index is 0.0866. The van der Waals surface area contributed by atoms with E-state index in [0.717, 1.165) is 35.3 Å². The van der Waals surface area contributed by atoms with Gasteiger partial charge in [-0.05, 0) is 31.5 Å². The summed E-state index contributed by atoms with van der Waals surface area (Å²) in [4.78, 5) is 18.9. The van der Waals surface area contributed by atoms with Gasteiger partial charge in [-0.2, -0.15) is 0 Å². The second kappa shape index (κ2) is 3.85. The lowest BCUT2D eigenvalue weighted by Gasteiger charge is -1.93. The highest BCUT2D eigenvalue weighted by molar-refractivity contribution is 5.97. The first-order valence-corrected chi connectivity index (χ1v) is 5.20. The molecule has 78 valence electrons. The lowest BCUT2D eigenvalue weighted by Crippen LogP contribution is -1.90. The van der Waals surface area contributed by atoms with Gasteiger partial charge in [-0.1, -0.05) is 6.92 Å². The maximum atomic E-state index is 11.2. The number of fused-ring (bicyclic) bond motifs is 1. The zero-order valence-electron chi connectivity index (χ0n) is 9.00. The van der Waals surface area contributed by atoms with E-state index in [2.05, 4.69) is 16.9 Å². The van der Waals surface area contributed by atoms with Crippen molar-refractivity contribution in [2.45, 2.75) is 26.7 Å². The molecule has 2 rings (SSSR count). The zero-order chi connectivity index (χ0) is 10.8. The fraction of sp³-hybridized carbons (Fsp3) is 0.333. The van der Waals surface area contributed by atoms with Crippen LogP contribution in [0.1, 0.15) is 36.5 Å². The number of nitrogens with zero attached hydrogens (tertiary/aromatic N) is 1. The molecule has 1 aromatic carbocycles. The number of aryl methyl sites for hydroxylation is 1. The molecule has 1 aromatic heterocycles. The Morgan fingerprint density at radius 3 is 2.93 bits per heavy atom. The number of rotatable bonds is 3. The Balaban J connectivity index is 2.47. The molecule has 0 aliphatic rings. The minimum Gasteiger partial charge on any atom is -0.342 e. The van der Waals surface area contributed by atoms with Gasteiger partial charge in [0.05, 0.1) is 11.0 Å². The molecular formula is C12H14N2O. The number of Topliss-reactive ketones (excluding diaryl/α,β-unsaturated/α-hetero) is 1. The summed E-state index contributed by atoms with van der Waals surface area (Å²) < 4.78 is 0. The third-order valence-corrected chi connectivity index (χ3v) is 2.42. The van der Waals surface area contributed by atoms with Crippen LogP contribution >= 0.6 is 0 Å². The van der Waals surface area contributed by atoms with E-state index in [-0.39, 0.29) is 5.78 Å². The van der Waals surface area contributed by atoms with Gasteiger partial charge in [0.25, 0.3) is 0 Å². The molecule has 1 heterocycles. The second-order valence-corrected chi connectivity index (χ2v) is 3.72. The van der Waals surface area contributed by atoms with Crippen LogP contribution in [0.5, 0.6) is 0 Å². The molecule has 0 atom stereocenters. The summed E-state index contributed by atoms with van der Waals surface area (Å²) in [6, 6.07) is 5.58. The van der Waals surface area contributed by atoms with Crippen molar-refractivity contribution in [2.75, 3.05) is 0 Å². The highest BCUT2D eigenvalue weighted by Gasteiger charge is 2.04. The Morgan fingerprint density at radius 2 is 2.27 bits per heavy atom. The number of benzene rings is 1. The van der Waals surface area contributed by atoms with Crippen LogP contribution in [-0.4, -0.2) is 15.8 Å². The highest BCUT2D eigenvalue weighted by Crippen LogP contribution is 2.14. The number of imidazole rings is 1. The average Bonchev–Trinajstić information content (AvgIpc) is 2.59. The van der Waals surface area contributed by atoms with E-state index >= 15 is 0 Å². The quantitative estimate of drug-likeness (QED) is 0.778. The molecule has 15 heavy (non-hydrogen) atoms. The van der Waals surface area contributed by atoms with Crippen molar-refractivity contribution in [3.8, 4) is 0 Å². The number of carbonyl (C=O) groups excluding carboxylic acids is 1. The zero-order valence-corrected chi connectivity index (χ0v) is 9.00. The molecule has 1 N–H and O–H groups in total. The summed E-state index contributed by atoms with van der Waals surface area (Å²) in [6.45, 7) is 3.69. The Bertz CT molecular complexity index is 499. The first-order valence-electron chi connectivity index (χ1n) is 5.20. The fourth-order valence-electron chi connectivity index (χ4n) is 1.64. The molecule has 0 aliphatic heterocycles. The summed E-state index contributed by atoms with van der Waals surface area (Å²) in [6.07, 6.45) is 2.02. The van der Waals surface area contributed by atoms with Crippen LogP contribution in [0.4, 0.5) is 0 Å². The van der Waals surface area contributed by atoms with Gasteiger partial charge in [0, 0.05) is 12.0 Å². The molecule has 3 heteroatoms. The maximum Gasteiger partial charge on any atom is 0.159 e. The molecule has 0 bridgehead atoms. The summed E-state index contributed by atoms with van der Waals surface area (Å²) in [5.74, 6) is 1.08. The Kier molecular flexibility index (Phi) is 2.54. The standard InChI is InChI=1S/C12H14N2O/c1-3-4-12-13-10-6-5-9(8(2)15)7-11(10)14-12/h5-7H,3-4H2,1-2H3,(H,13,14). The van der Waals surface area contributed by atoms with Crippen LogP contribution in [-0.2, 0) is 6.42 Å². The molecule has 2 aromatic rings. The summed E-state index contributed by atoms with van der Waals surface area (Å²) in [5, 5.41) is 0. The van der Waals surface area contributed by atoms with Gasteiger partial charge in [-0.25, -0.2) is 4.98 Å². The van der Waals surface area contributed by atoms with Crippen molar-refractivity contribution in [2.24, 2.45) is 0 Å². The van der Waals surface area contributed by atoms with Crippen molar-refractivity contribution < 1.29 is 4.79 Å². The maximum absolute atomic E-state index is 11.2. The molecule has 3 nitrogen and oxygen atoms in total. The van der Waals surface area contributed by atoms with E-state index < -0.39 is 0 Å². The minimum atomic E-state index is 0.0866. The number of aromatic nitrogens is 2. The number of nitrogens with one attached hydrogen (secondary N) is 1. The fourth-order valence-corrected chi connectivity index (χ4v) is 1.64. The third kappa shape index (κ3) is 1.91. The van der Waals surface area contributed by atoms with Gasteiger partial charge in [-0.15, -0.1) is 0 Å². The number of aromatic amines is 1. The Hall–Kier alpha value is -1.64. The lowest BCUT2D eigenvalue weighted by molar-refractivity contribution is 0.101. The smallest absolute Gasteiger partial charge is 0.159 e. The SMILES string of the molecule is CCCc1nc2ccc(C(C)=O)cc2[nH]1. The average molecular weight is 202 g/mol. The molecule has 0 fully saturated rings. The van der Waals surface area contributed by atoms with E-state index in [1.165, 1.54) is 0 Å². The van der Waals surface area contributed by atoms with Crippen LogP contribution in [0.25, 0.3) is 11.0 Å². The van der Waals surface area contributed by atoms with Crippen molar-refractivity contribution in [3.63, 3.8) is 0 Å². The molecule has 0 amide bonds. The Morgan fingerprint density at radius 1 is 1.47 bits per heavy atom. The monoisotopic (exact) mass is 202 g/mol. The number of H-pyrrole nitrogens is 1. The molecule has 0 saturated carbocycles. The van der Waals surface area contributed by atoms with Gasteiger partial charge in [0.15, 0.2) is 5.78 Å². The molecule has 0 aliphatic carbocycles. The Labute approximate surface area is 88.5 Å². The summed E-state index contributed by atoms with van der Waals surface area (Å²) >= 11 is 0. The van der Waals surface area contributed by atoms with Gasteiger partial charge in [0.1, 0.15) is 5.82 Å². The number of hydrogen-bond donors (Lipinski definition) is 1. The normalized spacial score (nSPS) is 10.8. The van der Waals surface area contributed by atoms with E-state index in [9.17, 15) is 4.79 Å². The molecular weight excluding hydrogens is 188 g/mol. The number of ketones is 1. The highest BCUT2D eigenvalue weighted by atomic mass is 16.1. The predicted octanol–water partition coefficient (Wildman–Crippen LogP) is 2.72. The third-order valence-electron chi connectivity index (χ3n) is 2.42. The predicted molar refractivity (Wildman–Crippen MR) is 60.1 cm³/mol. The van der Waals surface area contributed by atoms with E-state index in [4.69, 9.17) is 0 Å². The van der Waals surface area contributed by atoms with Crippen molar-refractivity contribution in [3.05, 3.63) is 29.6 Å². The first kappa shape index (κ1) is 9.90. The molecule has 0 unspecified atom stereocenters. The van der Waals surface area contributed by atoms with E-state index in [0.29, 0.717) is 0 Å². The van der Waals surface area contributed by atoms with Crippen molar-refractivity contribution in [1.82, 2.24) is 9.97 Å². The van der Waals surface area contributed by atoms with E-state index in [1.807, 2.05) is 18.2 Å². The largest absolute Gasteiger partial charge is 0.342 e. The lowest BCUT2D eigenvalue weighted by atomic mass is 10.1. The van der Waals surface area contributed by atoms with Crippen LogP contribution in [0.15, 0.2) is 18.2 Å². The molecule has 0 saturated heterocycles. The van der Waals surface area contributed by atoms with Gasteiger partial charge in [0.2, 0.25) is 0 Å². The first-order chi connectivity index (χ1) is 7.20. The van der Waals surface area contributed by atoms with Gasteiger partial charge < -0.3 is 4.98 Å². The summed E-state index contributed by atoms with van der Waals surface area (Å²) in [7, 11) is 0. The molecule has 0 spiro atoms.